The average Bonchev–Trinajstić information content (AvgIpc) is 3.39. The van der Waals surface area contributed by atoms with Crippen LogP contribution in [-0.4, -0.2) is 34.9 Å². The summed E-state index contributed by atoms with van der Waals surface area (Å²) in [5.41, 5.74) is 5.81. The molecule has 1 aliphatic rings. The maximum atomic E-state index is 13.0. The van der Waals surface area contributed by atoms with Crippen LogP contribution in [0.4, 0.5) is 0 Å². The number of aromatic nitrogens is 2. The van der Waals surface area contributed by atoms with Gasteiger partial charge in [0.2, 0.25) is 0 Å². The van der Waals surface area contributed by atoms with Crippen LogP contribution in [0.5, 0.6) is 0 Å². The zero-order chi connectivity index (χ0) is 20.2. The molecule has 1 fully saturated rings. The van der Waals surface area contributed by atoms with Gasteiger partial charge in [0.05, 0.1) is 18.2 Å². The predicted molar refractivity (Wildman–Crippen MR) is 114 cm³/mol. The minimum Gasteiger partial charge on any atom is -0.376 e. The molecule has 1 aromatic heterocycles. The van der Waals surface area contributed by atoms with E-state index in [1.807, 2.05) is 35.1 Å². The van der Waals surface area contributed by atoms with Crippen molar-refractivity contribution in [3.05, 3.63) is 77.0 Å². The molecule has 0 bridgehead atoms. The van der Waals surface area contributed by atoms with Crippen LogP contribution >= 0.6 is 0 Å². The summed E-state index contributed by atoms with van der Waals surface area (Å²) < 4.78 is 7.47. The third kappa shape index (κ3) is 4.74. The van der Waals surface area contributed by atoms with Gasteiger partial charge in [-0.2, -0.15) is 5.10 Å². The Kier molecular flexibility index (Phi) is 5.76. The van der Waals surface area contributed by atoms with Crippen molar-refractivity contribution in [3.63, 3.8) is 0 Å². The number of amides is 1. The molecule has 1 unspecified atom stereocenters. The van der Waals surface area contributed by atoms with E-state index in [-0.39, 0.29) is 12.0 Å². The van der Waals surface area contributed by atoms with Gasteiger partial charge in [0.15, 0.2) is 0 Å². The number of nitrogens with zero attached hydrogens (tertiary/aromatic N) is 2. The molecule has 1 atom stereocenters. The first-order chi connectivity index (χ1) is 14.1. The molecule has 0 spiro atoms. The van der Waals surface area contributed by atoms with Crippen LogP contribution in [0.3, 0.4) is 0 Å². The van der Waals surface area contributed by atoms with Gasteiger partial charge in [-0.1, -0.05) is 59.7 Å². The number of benzene rings is 2. The van der Waals surface area contributed by atoms with Gasteiger partial charge in [-0.3, -0.25) is 9.48 Å². The first-order valence-corrected chi connectivity index (χ1v) is 10.2. The number of rotatable bonds is 6. The fourth-order valence-corrected chi connectivity index (χ4v) is 3.58. The maximum absolute atomic E-state index is 13.0. The molecule has 2 aromatic carbocycles. The average molecular weight is 389 g/mol. The van der Waals surface area contributed by atoms with Crippen molar-refractivity contribution in [2.24, 2.45) is 0 Å². The van der Waals surface area contributed by atoms with Crippen LogP contribution in [0.25, 0.3) is 11.3 Å². The Morgan fingerprint density at radius 3 is 2.45 bits per heavy atom. The highest BCUT2D eigenvalue weighted by Crippen LogP contribution is 2.23. The van der Waals surface area contributed by atoms with Gasteiger partial charge >= 0.3 is 0 Å². The van der Waals surface area contributed by atoms with Crippen LogP contribution in [0, 0.1) is 13.8 Å². The van der Waals surface area contributed by atoms with Crippen molar-refractivity contribution in [1.29, 1.82) is 0 Å². The van der Waals surface area contributed by atoms with Gasteiger partial charge < -0.3 is 10.1 Å². The van der Waals surface area contributed by atoms with Gasteiger partial charge in [0.25, 0.3) is 5.91 Å². The topological polar surface area (TPSA) is 56.2 Å². The Balaban J connectivity index is 1.59. The summed E-state index contributed by atoms with van der Waals surface area (Å²) in [6.45, 7) is 6.07. The summed E-state index contributed by atoms with van der Waals surface area (Å²) in [7, 11) is 0. The van der Waals surface area contributed by atoms with Crippen molar-refractivity contribution in [2.75, 3.05) is 13.2 Å². The summed E-state index contributed by atoms with van der Waals surface area (Å²) in [5, 5.41) is 7.78. The summed E-state index contributed by atoms with van der Waals surface area (Å²) >= 11 is 0. The normalized spacial score (nSPS) is 16.1. The molecule has 5 nitrogen and oxygen atoms in total. The molecule has 0 saturated carbocycles. The Labute approximate surface area is 171 Å². The maximum Gasteiger partial charge on any atom is 0.255 e. The number of carbonyl (C=O) groups excluding carboxylic acids is 1. The van der Waals surface area contributed by atoms with E-state index in [9.17, 15) is 4.79 Å². The third-order valence-electron chi connectivity index (χ3n) is 5.31. The number of carbonyl (C=O) groups is 1. The second kappa shape index (κ2) is 8.62. The second-order valence-corrected chi connectivity index (χ2v) is 7.79. The lowest BCUT2D eigenvalue weighted by Crippen LogP contribution is -2.31. The predicted octanol–water partition coefficient (Wildman–Crippen LogP) is 4.12. The molecule has 29 heavy (non-hydrogen) atoms. The smallest absolute Gasteiger partial charge is 0.255 e. The van der Waals surface area contributed by atoms with Crippen molar-refractivity contribution in [2.45, 2.75) is 39.3 Å². The first kappa shape index (κ1) is 19.4. The molecule has 1 aliphatic heterocycles. The summed E-state index contributed by atoms with van der Waals surface area (Å²) in [6, 6.07) is 16.5. The van der Waals surface area contributed by atoms with Crippen molar-refractivity contribution < 1.29 is 9.53 Å². The SMILES string of the molecule is Cc1ccc(Cn2cc(C(=O)NCC3CCCO3)c(-c3ccc(C)cc3)n2)cc1. The van der Waals surface area contributed by atoms with E-state index in [4.69, 9.17) is 9.84 Å². The Hall–Kier alpha value is -2.92. The van der Waals surface area contributed by atoms with Gasteiger partial charge in [0.1, 0.15) is 5.69 Å². The van der Waals surface area contributed by atoms with Crippen LogP contribution in [0.15, 0.2) is 54.7 Å². The summed E-state index contributed by atoms with van der Waals surface area (Å²) in [4.78, 5) is 13.0. The molecular weight excluding hydrogens is 362 g/mol. The molecule has 5 heteroatoms. The molecule has 3 aromatic rings. The van der Waals surface area contributed by atoms with Crippen molar-refractivity contribution in [3.8, 4) is 11.3 Å². The molecular formula is C24H27N3O2. The van der Waals surface area contributed by atoms with Gasteiger partial charge in [0, 0.05) is 24.9 Å². The minimum absolute atomic E-state index is 0.105. The van der Waals surface area contributed by atoms with Crippen molar-refractivity contribution >= 4 is 5.91 Å². The fourth-order valence-electron chi connectivity index (χ4n) is 3.58. The first-order valence-electron chi connectivity index (χ1n) is 10.2. The Bertz CT molecular complexity index is 968. The molecule has 0 aliphatic carbocycles. The monoisotopic (exact) mass is 389 g/mol. The van der Waals surface area contributed by atoms with E-state index in [1.165, 1.54) is 11.1 Å². The molecule has 4 rings (SSSR count). The zero-order valence-corrected chi connectivity index (χ0v) is 17.0. The highest BCUT2D eigenvalue weighted by atomic mass is 16.5. The lowest BCUT2D eigenvalue weighted by Gasteiger charge is -2.10. The van der Waals surface area contributed by atoms with Crippen LogP contribution in [0.2, 0.25) is 0 Å². The van der Waals surface area contributed by atoms with Crippen LogP contribution in [-0.2, 0) is 11.3 Å². The molecule has 150 valence electrons. The van der Waals surface area contributed by atoms with Crippen molar-refractivity contribution in [1.82, 2.24) is 15.1 Å². The molecule has 0 radical (unpaired) electrons. The van der Waals surface area contributed by atoms with Gasteiger partial charge in [-0.15, -0.1) is 0 Å². The molecule has 1 N–H and O–H groups in total. The molecule has 2 heterocycles. The van der Waals surface area contributed by atoms with Gasteiger partial charge in [-0.25, -0.2) is 0 Å². The number of aryl methyl sites for hydroxylation is 2. The molecule has 1 saturated heterocycles. The Morgan fingerprint density at radius 2 is 1.79 bits per heavy atom. The van der Waals surface area contributed by atoms with Crippen LogP contribution in [0.1, 0.15) is 39.9 Å². The summed E-state index contributed by atoms with van der Waals surface area (Å²) in [5.74, 6) is -0.105. The van der Waals surface area contributed by atoms with E-state index in [1.54, 1.807) is 0 Å². The third-order valence-corrected chi connectivity index (χ3v) is 5.31. The summed E-state index contributed by atoms with van der Waals surface area (Å²) in [6.07, 6.45) is 4.02. The fraction of sp³-hybridized carbons (Fsp3) is 0.333. The van der Waals surface area contributed by atoms with E-state index in [2.05, 4.69) is 43.4 Å². The van der Waals surface area contributed by atoms with E-state index in [0.29, 0.717) is 24.3 Å². The number of ether oxygens (including phenoxy) is 1. The number of hydrogen-bond donors (Lipinski definition) is 1. The van der Waals surface area contributed by atoms with Gasteiger partial charge in [-0.05, 0) is 32.3 Å². The lowest BCUT2D eigenvalue weighted by molar-refractivity contribution is 0.0858. The standard InChI is InChI=1S/C24H27N3O2/c1-17-5-9-19(10-6-17)15-27-16-22(24(28)25-14-21-4-3-13-29-21)23(26-27)20-11-7-18(2)8-12-20/h5-12,16,21H,3-4,13-15H2,1-2H3,(H,25,28). The number of hydrogen-bond acceptors (Lipinski definition) is 3. The van der Waals surface area contributed by atoms with Crippen LogP contribution < -0.4 is 5.32 Å². The van der Waals surface area contributed by atoms with E-state index >= 15 is 0 Å². The zero-order valence-electron chi connectivity index (χ0n) is 17.0. The van der Waals surface area contributed by atoms with E-state index < -0.39 is 0 Å². The minimum atomic E-state index is -0.105. The highest BCUT2D eigenvalue weighted by Gasteiger charge is 2.21. The highest BCUT2D eigenvalue weighted by molar-refractivity contribution is 5.99. The van der Waals surface area contributed by atoms with E-state index in [0.717, 1.165) is 30.6 Å². The Morgan fingerprint density at radius 1 is 1.10 bits per heavy atom. The second-order valence-electron chi connectivity index (χ2n) is 7.79. The molecule has 1 amide bonds. The quantitative estimate of drug-likeness (QED) is 0.690. The largest absolute Gasteiger partial charge is 0.376 e. The number of nitrogens with one attached hydrogen (secondary N) is 1. The lowest BCUT2D eigenvalue weighted by atomic mass is 10.1.